The number of hydrogen-bond donors (Lipinski definition) is 0. The Balaban J connectivity index is -0.0000000533. The van der Waals surface area contributed by atoms with E-state index >= 15 is 0 Å². The molecule has 0 aromatic carbocycles. The van der Waals surface area contributed by atoms with Gasteiger partial charge in [-0.3, -0.25) is 4.79 Å². The van der Waals surface area contributed by atoms with Gasteiger partial charge in [0.2, 0.25) is 0 Å². The Morgan fingerprint density at radius 3 is 1.92 bits per heavy atom. The average Bonchev–Trinajstić information content (AvgIpc) is 1.82. The van der Waals surface area contributed by atoms with Crippen molar-refractivity contribution < 1.29 is 25.9 Å². The third kappa shape index (κ3) is 19.5. The van der Waals surface area contributed by atoms with Gasteiger partial charge >= 0.3 is 0 Å². The van der Waals surface area contributed by atoms with Gasteiger partial charge in [0.05, 0.1) is 6.54 Å². The Hall–Kier alpha value is 1.18. The molecule has 0 aliphatic carbocycles. The van der Waals surface area contributed by atoms with E-state index < -0.39 is 0 Å². The van der Waals surface area contributed by atoms with E-state index in [0.717, 1.165) is 0 Å². The van der Waals surface area contributed by atoms with Crippen molar-refractivity contribution in [3.8, 4) is 0 Å². The Morgan fingerprint density at radius 1 is 1.46 bits per heavy atom. The molecule has 0 fully saturated rings. The molecule has 0 heterocycles. The monoisotopic (exact) mass is 396 g/mol. The summed E-state index contributed by atoms with van der Waals surface area (Å²) in [5.41, 5.74) is 0. The SMILES string of the molecule is C.C.C.[CH2-]CN(CC(C)=O)PP.[W]. The first-order chi connectivity index (χ1) is 4.20. The molecule has 84 valence electrons. The van der Waals surface area contributed by atoms with Crippen LogP contribution < -0.4 is 0 Å². The first-order valence-corrected chi connectivity index (χ1v) is 5.46. The van der Waals surface area contributed by atoms with Crippen molar-refractivity contribution in [1.29, 1.82) is 0 Å². The summed E-state index contributed by atoms with van der Waals surface area (Å²) in [6.07, 6.45) is 0. The molecule has 0 bridgehead atoms. The first kappa shape index (κ1) is 29.2. The van der Waals surface area contributed by atoms with Crippen LogP contribution in [0.1, 0.15) is 29.2 Å². The zero-order chi connectivity index (χ0) is 7.28. The number of rotatable bonds is 4. The molecule has 0 spiro atoms. The van der Waals surface area contributed by atoms with E-state index in [1.54, 1.807) is 6.92 Å². The van der Waals surface area contributed by atoms with Crippen molar-refractivity contribution in [1.82, 2.24) is 4.67 Å². The number of ketones is 1. The third-order valence-electron chi connectivity index (χ3n) is 0.866. The summed E-state index contributed by atoms with van der Waals surface area (Å²) in [6.45, 7) is 6.51. The summed E-state index contributed by atoms with van der Waals surface area (Å²) in [7, 11) is 3.20. The number of nitrogens with zero attached hydrogens (tertiary/aromatic N) is 1. The van der Waals surface area contributed by atoms with E-state index in [1.807, 2.05) is 4.67 Å². The Bertz CT molecular complexity index is 100. The van der Waals surface area contributed by atoms with E-state index in [0.29, 0.717) is 21.5 Å². The topological polar surface area (TPSA) is 20.3 Å². The van der Waals surface area contributed by atoms with E-state index in [9.17, 15) is 4.79 Å². The fraction of sp³-hybridized carbons (Fsp3) is 0.750. The van der Waals surface area contributed by atoms with Gasteiger partial charge in [0, 0.05) is 21.1 Å². The molecule has 5 heteroatoms. The zero-order valence-corrected chi connectivity index (χ0v) is 11.1. The van der Waals surface area contributed by atoms with Crippen molar-refractivity contribution in [2.45, 2.75) is 29.2 Å². The van der Waals surface area contributed by atoms with Crippen LogP contribution in [0.2, 0.25) is 0 Å². The molecular weight excluding hydrogens is 372 g/mol. The normalized spacial score (nSPS) is 8.00. The van der Waals surface area contributed by atoms with E-state index in [1.165, 1.54) is 0 Å². The Kier molecular flexibility index (Phi) is 42.4. The predicted octanol–water partition coefficient (Wildman–Crippen LogP) is 3.00. The summed E-state index contributed by atoms with van der Waals surface area (Å²) in [5, 5.41) is 0. The first-order valence-electron chi connectivity index (χ1n) is 2.70. The summed E-state index contributed by atoms with van der Waals surface area (Å²) in [5.74, 6) is 0.202. The molecule has 2 unspecified atom stereocenters. The van der Waals surface area contributed by atoms with Gasteiger partial charge in [0.25, 0.3) is 0 Å². The molecule has 2 nitrogen and oxygen atoms in total. The van der Waals surface area contributed by atoms with Crippen LogP contribution >= 0.6 is 17.3 Å². The predicted molar refractivity (Wildman–Crippen MR) is 65.8 cm³/mol. The molecule has 0 radical (unpaired) electrons. The van der Waals surface area contributed by atoms with Crippen molar-refractivity contribution in [2.75, 3.05) is 13.1 Å². The van der Waals surface area contributed by atoms with Crippen molar-refractivity contribution in [3.05, 3.63) is 6.92 Å². The second kappa shape index (κ2) is 18.9. The molecule has 13 heavy (non-hydrogen) atoms. The average molecular weight is 396 g/mol. The quantitative estimate of drug-likeness (QED) is 0.538. The maximum atomic E-state index is 10.5. The van der Waals surface area contributed by atoms with Gasteiger partial charge in [-0.25, -0.2) is 0 Å². The van der Waals surface area contributed by atoms with Crippen molar-refractivity contribution in [3.63, 3.8) is 0 Å². The summed E-state index contributed by atoms with van der Waals surface area (Å²) in [6, 6.07) is 0. The second-order valence-corrected chi connectivity index (χ2v) is 3.42. The van der Waals surface area contributed by atoms with Crippen LogP contribution in [0.25, 0.3) is 0 Å². The maximum Gasteiger partial charge on any atom is 0.143 e. The van der Waals surface area contributed by atoms with Gasteiger partial charge in [-0.1, -0.05) is 31.2 Å². The molecular formula is C8H24NOP2W-. The fourth-order valence-electron chi connectivity index (χ4n) is 0.458. The second-order valence-electron chi connectivity index (χ2n) is 1.75. The van der Waals surface area contributed by atoms with Crippen LogP contribution in [-0.2, 0) is 25.9 Å². The van der Waals surface area contributed by atoms with Gasteiger partial charge in [-0.15, -0.1) is 6.54 Å². The standard InChI is InChI=1S/C5H12NOP2.3CH4.W/c1-3-6(9-8)4-5(2)7;;;;/h9H,1,3-4,8H2,2H3;3*1H4;/q-1;;;;. The molecule has 0 amide bonds. The van der Waals surface area contributed by atoms with Crippen LogP contribution in [0.15, 0.2) is 0 Å². The van der Waals surface area contributed by atoms with Crippen LogP contribution in [0.5, 0.6) is 0 Å². The largest absolute Gasteiger partial charge is 0.329 e. The van der Waals surface area contributed by atoms with Crippen molar-refractivity contribution in [2.24, 2.45) is 0 Å². The minimum Gasteiger partial charge on any atom is -0.329 e. The number of hydrogen-bond acceptors (Lipinski definition) is 2. The maximum absolute atomic E-state index is 10.5. The van der Waals surface area contributed by atoms with Crippen LogP contribution in [0, 0.1) is 6.92 Å². The van der Waals surface area contributed by atoms with Gasteiger partial charge in [0.1, 0.15) is 5.78 Å². The van der Waals surface area contributed by atoms with Gasteiger partial charge in [-0.2, -0.15) is 0 Å². The molecule has 0 saturated carbocycles. The minimum atomic E-state index is 0. The van der Waals surface area contributed by atoms with Crippen LogP contribution in [0.3, 0.4) is 0 Å². The van der Waals surface area contributed by atoms with Crippen molar-refractivity contribution >= 4 is 23.1 Å². The fourth-order valence-corrected chi connectivity index (χ4v) is 1.56. The molecule has 0 aromatic rings. The van der Waals surface area contributed by atoms with E-state index in [-0.39, 0.29) is 49.1 Å². The van der Waals surface area contributed by atoms with Gasteiger partial charge in [-0.05, 0) is 15.3 Å². The van der Waals surface area contributed by atoms with Gasteiger partial charge < -0.3 is 11.6 Å². The smallest absolute Gasteiger partial charge is 0.143 e. The Labute approximate surface area is 103 Å². The summed E-state index contributed by atoms with van der Waals surface area (Å²) >= 11 is 0. The molecule has 0 N–H and O–H groups in total. The minimum absolute atomic E-state index is 0. The molecule has 0 aliphatic rings. The van der Waals surface area contributed by atoms with Crippen LogP contribution in [0.4, 0.5) is 0 Å². The molecule has 0 aliphatic heterocycles. The molecule has 0 aromatic heterocycles. The summed E-state index contributed by atoms with van der Waals surface area (Å²) < 4.78 is 1.98. The van der Waals surface area contributed by atoms with Crippen LogP contribution in [-0.4, -0.2) is 23.5 Å². The molecule has 0 rings (SSSR count). The number of Topliss-reactive ketones (excluding diaryl/α,β-unsaturated/α-hetero) is 1. The molecule has 0 saturated heterocycles. The summed E-state index contributed by atoms with van der Waals surface area (Å²) in [4.78, 5) is 10.5. The number of carbonyl (C=O) groups excluding carboxylic acids is 1. The van der Waals surface area contributed by atoms with E-state index in [4.69, 9.17) is 0 Å². The molecule has 2 atom stereocenters. The van der Waals surface area contributed by atoms with E-state index in [2.05, 4.69) is 15.9 Å². The Morgan fingerprint density at radius 2 is 1.85 bits per heavy atom. The van der Waals surface area contributed by atoms with Gasteiger partial charge in [0.15, 0.2) is 0 Å². The zero-order valence-electron chi connectivity index (χ0n) is 5.96. The number of carbonyl (C=O) groups is 1. The third-order valence-corrected chi connectivity index (χ3v) is 2.71.